The number of imide groups is 2. The Morgan fingerprint density at radius 3 is 1.22 bits per heavy atom. The lowest BCUT2D eigenvalue weighted by molar-refractivity contribution is 0.0909. The number of amides is 4. The number of fused-ring (bicyclic) bond motifs is 2. The van der Waals surface area contributed by atoms with E-state index in [9.17, 15) is 29.4 Å². The highest BCUT2D eigenvalue weighted by Gasteiger charge is 2.39. The standard InChI is InChI=1S/C29H18N2O6/c32-22-5-1-3-20-24(22)28(36)30(26(20)34)18-11-7-16(8-12-18)15-17-9-13-19(14-10-17)31-27(35)21-4-2-6-23(33)25(21)29(31)37/h1-14,32-33H,15H2. The van der Waals surface area contributed by atoms with Crippen LogP contribution in [0.2, 0.25) is 0 Å². The van der Waals surface area contributed by atoms with Gasteiger partial charge in [-0.05, 0) is 66.1 Å². The van der Waals surface area contributed by atoms with Crippen LogP contribution in [0, 0.1) is 0 Å². The first-order chi connectivity index (χ1) is 17.8. The maximum absolute atomic E-state index is 12.8. The molecule has 6 rings (SSSR count). The van der Waals surface area contributed by atoms with Crippen LogP contribution in [-0.2, 0) is 6.42 Å². The van der Waals surface area contributed by atoms with E-state index in [1.165, 1.54) is 36.4 Å². The Balaban J connectivity index is 1.19. The predicted octanol–water partition coefficient (Wildman–Crippen LogP) is 4.29. The fourth-order valence-electron chi connectivity index (χ4n) is 4.77. The zero-order chi connectivity index (χ0) is 25.8. The second-order valence-corrected chi connectivity index (χ2v) is 8.80. The van der Waals surface area contributed by atoms with Crippen molar-refractivity contribution >= 4 is 35.0 Å². The molecule has 2 aliphatic rings. The number of benzene rings is 4. The molecule has 0 aromatic heterocycles. The molecule has 0 atom stereocenters. The number of hydrogen-bond donors (Lipinski definition) is 2. The van der Waals surface area contributed by atoms with Gasteiger partial charge in [0.25, 0.3) is 23.6 Å². The molecule has 0 spiro atoms. The SMILES string of the molecule is O=C1c2cccc(O)c2C(=O)N1c1ccc(Cc2ccc(N3C(=O)c4cccc(O)c4C3=O)cc2)cc1. The Kier molecular flexibility index (Phi) is 4.91. The molecule has 0 radical (unpaired) electrons. The third kappa shape index (κ3) is 3.38. The summed E-state index contributed by atoms with van der Waals surface area (Å²) in [6, 6.07) is 22.7. The molecule has 0 unspecified atom stereocenters. The lowest BCUT2D eigenvalue weighted by atomic mass is 10.0. The van der Waals surface area contributed by atoms with Gasteiger partial charge in [0.15, 0.2) is 0 Å². The molecule has 4 aromatic carbocycles. The smallest absolute Gasteiger partial charge is 0.269 e. The highest BCUT2D eigenvalue weighted by atomic mass is 16.3. The van der Waals surface area contributed by atoms with Crippen molar-refractivity contribution in [3.05, 3.63) is 118 Å². The van der Waals surface area contributed by atoms with Crippen LogP contribution in [0.3, 0.4) is 0 Å². The van der Waals surface area contributed by atoms with Gasteiger partial charge in [-0.15, -0.1) is 0 Å². The zero-order valence-electron chi connectivity index (χ0n) is 19.2. The number of phenolic OH excluding ortho intramolecular Hbond substituents is 2. The van der Waals surface area contributed by atoms with E-state index in [2.05, 4.69) is 0 Å². The van der Waals surface area contributed by atoms with Gasteiger partial charge in [0.1, 0.15) is 11.5 Å². The van der Waals surface area contributed by atoms with Crippen molar-refractivity contribution in [1.82, 2.24) is 0 Å². The summed E-state index contributed by atoms with van der Waals surface area (Å²) in [7, 11) is 0. The molecule has 2 heterocycles. The first-order valence-electron chi connectivity index (χ1n) is 11.4. The maximum Gasteiger partial charge on any atom is 0.269 e. The average Bonchev–Trinajstić information content (AvgIpc) is 3.31. The van der Waals surface area contributed by atoms with E-state index in [0.29, 0.717) is 17.8 Å². The van der Waals surface area contributed by atoms with Gasteiger partial charge >= 0.3 is 0 Å². The Labute approximate surface area is 210 Å². The van der Waals surface area contributed by atoms with E-state index in [-0.39, 0.29) is 33.8 Å². The van der Waals surface area contributed by atoms with Crippen molar-refractivity contribution in [2.24, 2.45) is 0 Å². The molecule has 8 nitrogen and oxygen atoms in total. The first kappa shape index (κ1) is 22.2. The Morgan fingerprint density at radius 2 is 0.865 bits per heavy atom. The third-order valence-corrected chi connectivity index (χ3v) is 6.58. The number of rotatable bonds is 4. The number of aromatic hydroxyl groups is 2. The summed E-state index contributed by atoms with van der Waals surface area (Å²) in [6.45, 7) is 0. The number of nitrogens with zero attached hydrogens (tertiary/aromatic N) is 2. The number of carbonyl (C=O) groups is 4. The quantitative estimate of drug-likeness (QED) is 0.413. The molecule has 8 heteroatoms. The van der Waals surface area contributed by atoms with Crippen LogP contribution in [0.1, 0.15) is 52.6 Å². The van der Waals surface area contributed by atoms with Gasteiger partial charge in [0, 0.05) is 0 Å². The normalized spacial score (nSPS) is 14.4. The predicted molar refractivity (Wildman–Crippen MR) is 134 cm³/mol. The summed E-state index contributed by atoms with van der Waals surface area (Å²) in [5.41, 5.74) is 2.99. The van der Waals surface area contributed by atoms with Crippen LogP contribution in [0.25, 0.3) is 0 Å². The molecule has 4 amide bonds. The van der Waals surface area contributed by atoms with Gasteiger partial charge in [-0.2, -0.15) is 0 Å². The molecule has 0 aliphatic carbocycles. The van der Waals surface area contributed by atoms with E-state index in [4.69, 9.17) is 0 Å². The molecule has 2 N–H and O–H groups in total. The van der Waals surface area contributed by atoms with Gasteiger partial charge in [-0.1, -0.05) is 36.4 Å². The van der Waals surface area contributed by atoms with Crippen molar-refractivity contribution in [1.29, 1.82) is 0 Å². The van der Waals surface area contributed by atoms with Gasteiger partial charge in [-0.25, -0.2) is 9.80 Å². The van der Waals surface area contributed by atoms with Gasteiger partial charge < -0.3 is 10.2 Å². The van der Waals surface area contributed by atoms with E-state index in [1.54, 1.807) is 48.5 Å². The molecule has 0 bridgehead atoms. The molecule has 37 heavy (non-hydrogen) atoms. The maximum atomic E-state index is 12.8. The molecular weight excluding hydrogens is 472 g/mol. The minimum absolute atomic E-state index is 0.00457. The largest absolute Gasteiger partial charge is 0.507 e. The second-order valence-electron chi connectivity index (χ2n) is 8.80. The zero-order valence-corrected chi connectivity index (χ0v) is 19.2. The van der Waals surface area contributed by atoms with Gasteiger partial charge in [0.05, 0.1) is 33.6 Å². The molecule has 2 aliphatic heterocycles. The van der Waals surface area contributed by atoms with E-state index < -0.39 is 23.6 Å². The van der Waals surface area contributed by atoms with Crippen LogP contribution in [0.15, 0.2) is 84.9 Å². The fourth-order valence-corrected chi connectivity index (χ4v) is 4.77. The highest BCUT2D eigenvalue weighted by Crippen LogP contribution is 2.35. The van der Waals surface area contributed by atoms with Crippen LogP contribution < -0.4 is 9.80 Å². The first-order valence-corrected chi connectivity index (χ1v) is 11.4. The molecule has 4 aromatic rings. The van der Waals surface area contributed by atoms with Gasteiger partial charge in [-0.3, -0.25) is 19.2 Å². The van der Waals surface area contributed by atoms with Crippen LogP contribution in [-0.4, -0.2) is 33.8 Å². The van der Waals surface area contributed by atoms with Crippen LogP contribution in [0.4, 0.5) is 11.4 Å². The summed E-state index contributed by atoms with van der Waals surface area (Å²) >= 11 is 0. The van der Waals surface area contributed by atoms with Crippen LogP contribution >= 0.6 is 0 Å². The number of hydrogen-bond acceptors (Lipinski definition) is 6. The lowest BCUT2D eigenvalue weighted by Crippen LogP contribution is -2.29. The monoisotopic (exact) mass is 490 g/mol. The van der Waals surface area contributed by atoms with Crippen LogP contribution in [0.5, 0.6) is 11.5 Å². The van der Waals surface area contributed by atoms with Crippen molar-refractivity contribution in [2.45, 2.75) is 6.42 Å². The van der Waals surface area contributed by atoms with E-state index in [0.717, 1.165) is 20.9 Å². The topological polar surface area (TPSA) is 115 Å². The minimum Gasteiger partial charge on any atom is -0.507 e. The summed E-state index contributed by atoms with van der Waals surface area (Å²) in [4.78, 5) is 53.1. The molecule has 180 valence electrons. The lowest BCUT2D eigenvalue weighted by Gasteiger charge is -2.15. The van der Waals surface area contributed by atoms with Crippen molar-refractivity contribution in [3.8, 4) is 11.5 Å². The van der Waals surface area contributed by atoms with Crippen molar-refractivity contribution < 1.29 is 29.4 Å². The second kappa shape index (κ2) is 8.17. The molecule has 0 saturated carbocycles. The summed E-state index contributed by atoms with van der Waals surface area (Å²) < 4.78 is 0. The Morgan fingerprint density at radius 1 is 0.486 bits per heavy atom. The van der Waals surface area contributed by atoms with Crippen molar-refractivity contribution in [2.75, 3.05) is 9.80 Å². The van der Waals surface area contributed by atoms with E-state index >= 15 is 0 Å². The number of carbonyl (C=O) groups excluding carboxylic acids is 4. The molecule has 0 saturated heterocycles. The highest BCUT2D eigenvalue weighted by molar-refractivity contribution is 6.36. The average molecular weight is 490 g/mol. The Hall–Kier alpha value is -5.24. The van der Waals surface area contributed by atoms with Crippen molar-refractivity contribution in [3.63, 3.8) is 0 Å². The fraction of sp³-hybridized carbons (Fsp3) is 0.0345. The summed E-state index contributed by atoms with van der Waals surface area (Å²) in [5, 5.41) is 20.0. The minimum atomic E-state index is -0.567. The molecule has 0 fully saturated rings. The summed E-state index contributed by atoms with van der Waals surface area (Å²) in [5.74, 6) is -2.56. The summed E-state index contributed by atoms with van der Waals surface area (Å²) in [6.07, 6.45) is 0.534. The number of phenols is 2. The Bertz CT molecular complexity index is 1520. The third-order valence-electron chi connectivity index (χ3n) is 6.58. The molecular formula is C29H18N2O6. The van der Waals surface area contributed by atoms with Gasteiger partial charge in [0.2, 0.25) is 0 Å². The van der Waals surface area contributed by atoms with E-state index in [1.807, 2.05) is 0 Å². The number of anilines is 2.